The molecule has 0 amide bonds. The summed E-state index contributed by atoms with van der Waals surface area (Å²) < 4.78 is 4.94. The molecular weight excluding hydrogens is 206 g/mol. The number of carbonyl (C=O) groups excluding carboxylic acids is 1. The van der Waals surface area contributed by atoms with E-state index in [9.17, 15) is 4.79 Å². The number of rotatable bonds is 4. The second-order valence-corrected chi connectivity index (χ2v) is 4.62. The van der Waals surface area contributed by atoms with E-state index in [0.29, 0.717) is 23.9 Å². The summed E-state index contributed by atoms with van der Waals surface area (Å²) in [5.74, 6) is -0.0641. The lowest BCUT2D eigenvalue weighted by molar-refractivity contribution is 0.0515. The molecule has 5 heteroatoms. The van der Waals surface area contributed by atoms with Crippen molar-refractivity contribution in [3.63, 3.8) is 0 Å². The van der Waals surface area contributed by atoms with E-state index in [1.54, 1.807) is 6.92 Å². The molecule has 5 nitrogen and oxygen atoms in total. The summed E-state index contributed by atoms with van der Waals surface area (Å²) in [6.07, 6.45) is 0. The lowest BCUT2D eigenvalue weighted by Gasteiger charge is -2.27. The van der Waals surface area contributed by atoms with Crippen LogP contribution < -0.4 is 0 Å². The summed E-state index contributed by atoms with van der Waals surface area (Å²) in [6.45, 7) is 10.4. The Balaban J connectivity index is 3.07. The minimum Gasteiger partial charge on any atom is -0.461 e. The molecule has 0 aromatic carbocycles. The molecule has 0 unspecified atom stereocenters. The maximum absolute atomic E-state index is 11.7. The molecule has 0 spiro atoms. The molecular formula is C11H19N3O2. The van der Waals surface area contributed by atoms with Crippen molar-refractivity contribution >= 4 is 5.97 Å². The largest absolute Gasteiger partial charge is 0.461 e. The van der Waals surface area contributed by atoms with E-state index in [1.165, 1.54) is 0 Å². The van der Waals surface area contributed by atoms with Gasteiger partial charge < -0.3 is 4.74 Å². The summed E-state index contributed by atoms with van der Waals surface area (Å²) in [5.41, 5.74) is 0.747. The summed E-state index contributed by atoms with van der Waals surface area (Å²) >= 11 is 0. The Morgan fingerprint density at radius 1 is 1.44 bits per heavy atom. The SMILES string of the molecule is CCOC(=O)c1n[nH]nc1C(C)(C)C(C)C. The number of aromatic nitrogens is 3. The number of hydrogen-bond donors (Lipinski definition) is 1. The van der Waals surface area contributed by atoms with E-state index in [-0.39, 0.29) is 5.41 Å². The monoisotopic (exact) mass is 225 g/mol. The first-order valence-corrected chi connectivity index (χ1v) is 5.49. The van der Waals surface area contributed by atoms with Crippen LogP contribution in [-0.2, 0) is 10.2 Å². The summed E-state index contributed by atoms with van der Waals surface area (Å²) in [4.78, 5) is 11.7. The summed E-state index contributed by atoms with van der Waals surface area (Å²) in [7, 11) is 0. The highest BCUT2D eigenvalue weighted by molar-refractivity contribution is 5.88. The van der Waals surface area contributed by atoms with Crippen molar-refractivity contribution in [3.05, 3.63) is 11.4 Å². The van der Waals surface area contributed by atoms with Crippen molar-refractivity contribution in [1.82, 2.24) is 15.4 Å². The zero-order valence-electron chi connectivity index (χ0n) is 10.5. The van der Waals surface area contributed by atoms with Crippen molar-refractivity contribution in [1.29, 1.82) is 0 Å². The van der Waals surface area contributed by atoms with Crippen molar-refractivity contribution < 1.29 is 9.53 Å². The molecule has 0 aliphatic heterocycles. The topological polar surface area (TPSA) is 67.9 Å². The van der Waals surface area contributed by atoms with Gasteiger partial charge in [-0.25, -0.2) is 4.79 Å². The number of esters is 1. The van der Waals surface area contributed by atoms with Gasteiger partial charge in [-0.15, -0.1) is 5.10 Å². The van der Waals surface area contributed by atoms with Crippen LogP contribution in [0.4, 0.5) is 0 Å². The van der Waals surface area contributed by atoms with Crippen LogP contribution in [0.3, 0.4) is 0 Å². The third kappa shape index (κ3) is 2.23. The van der Waals surface area contributed by atoms with E-state index in [0.717, 1.165) is 0 Å². The van der Waals surface area contributed by atoms with E-state index >= 15 is 0 Å². The normalized spacial score (nSPS) is 11.9. The van der Waals surface area contributed by atoms with Gasteiger partial charge in [-0.1, -0.05) is 27.7 Å². The second-order valence-electron chi connectivity index (χ2n) is 4.62. The van der Waals surface area contributed by atoms with Gasteiger partial charge in [0.1, 0.15) is 5.69 Å². The predicted molar refractivity (Wildman–Crippen MR) is 60.2 cm³/mol. The molecule has 0 atom stereocenters. The minimum atomic E-state index is -0.417. The number of ether oxygens (including phenoxy) is 1. The van der Waals surface area contributed by atoms with Crippen LogP contribution in [0.2, 0.25) is 0 Å². The van der Waals surface area contributed by atoms with E-state index in [2.05, 4.69) is 29.3 Å². The molecule has 0 saturated heterocycles. The molecule has 90 valence electrons. The first-order valence-electron chi connectivity index (χ1n) is 5.49. The number of nitrogens with zero attached hydrogens (tertiary/aromatic N) is 2. The number of hydrogen-bond acceptors (Lipinski definition) is 4. The lowest BCUT2D eigenvalue weighted by Crippen LogP contribution is -2.27. The Kier molecular flexibility index (Phi) is 3.67. The summed E-state index contributed by atoms with van der Waals surface area (Å²) in [5, 5.41) is 10.4. The molecule has 0 saturated carbocycles. The van der Waals surface area contributed by atoms with Gasteiger partial charge in [-0.05, 0) is 12.8 Å². The molecule has 0 aliphatic carbocycles. The zero-order chi connectivity index (χ0) is 12.3. The maximum atomic E-state index is 11.7. The first kappa shape index (κ1) is 12.7. The van der Waals surface area contributed by atoms with Gasteiger partial charge in [-0.2, -0.15) is 10.3 Å². The molecule has 0 bridgehead atoms. The number of carbonyl (C=O) groups is 1. The van der Waals surface area contributed by atoms with Crippen molar-refractivity contribution in [3.8, 4) is 0 Å². The molecule has 0 fully saturated rings. The second kappa shape index (κ2) is 4.63. The Bertz CT molecular complexity index is 369. The fourth-order valence-corrected chi connectivity index (χ4v) is 1.30. The third-order valence-corrected chi connectivity index (χ3v) is 3.07. The van der Waals surface area contributed by atoms with Crippen LogP contribution in [0.5, 0.6) is 0 Å². The van der Waals surface area contributed by atoms with Gasteiger partial charge in [0.25, 0.3) is 0 Å². The molecule has 0 aliphatic rings. The highest BCUT2D eigenvalue weighted by Gasteiger charge is 2.33. The van der Waals surface area contributed by atoms with Crippen LogP contribution in [0.1, 0.15) is 50.8 Å². The van der Waals surface area contributed by atoms with Gasteiger partial charge >= 0.3 is 5.97 Å². The highest BCUT2D eigenvalue weighted by Crippen LogP contribution is 2.31. The van der Waals surface area contributed by atoms with Crippen molar-refractivity contribution in [2.75, 3.05) is 6.61 Å². The molecule has 1 aromatic heterocycles. The quantitative estimate of drug-likeness (QED) is 0.795. The average Bonchev–Trinajstić information content (AvgIpc) is 2.66. The van der Waals surface area contributed by atoms with Crippen LogP contribution in [0.25, 0.3) is 0 Å². The van der Waals surface area contributed by atoms with Crippen LogP contribution >= 0.6 is 0 Å². The molecule has 1 rings (SSSR count). The van der Waals surface area contributed by atoms with Crippen LogP contribution in [0.15, 0.2) is 0 Å². The van der Waals surface area contributed by atoms with Gasteiger partial charge in [-0.3, -0.25) is 0 Å². The fourth-order valence-electron chi connectivity index (χ4n) is 1.30. The minimum absolute atomic E-state index is 0.213. The lowest BCUT2D eigenvalue weighted by atomic mass is 9.77. The van der Waals surface area contributed by atoms with E-state index in [4.69, 9.17) is 4.74 Å². The van der Waals surface area contributed by atoms with Gasteiger partial charge in [0.15, 0.2) is 5.69 Å². The molecule has 1 heterocycles. The zero-order valence-corrected chi connectivity index (χ0v) is 10.5. The number of aromatic amines is 1. The van der Waals surface area contributed by atoms with Crippen LogP contribution in [0, 0.1) is 5.92 Å². The highest BCUT2D eigenvalue weighted by atomic mass is 16.5. The fraction of sp³-hybridized carbons (Fsp3) is 0.727. The maximum Gasteiger partial charge on any atom is 0.360 e. The number of nitrogens with one attached hydrogen (secondary N) is 1. The van der Waals surface area contributed by atoms with E-state index in [1.807, 2.05) is 13.8 Å². The Morgan fingerprint density at radius 3 is 2.56 bits per heavy atom. The van der Waals surface area contributed by atoms with Crippen molar-refractivity contribution in [2.24, 2.45) is 5.92 Å². The molecule has 16 heavy (non-hydrogen) atoms. The first-order chi connectivity index (χ1) is 7.41. The number of H-pyrrole nitrogens is 1. The third-order valence-electron chi connectivity index (χ3n) is 3.07. The van der Waals surface area contributed by atoms with Gasteiger partial charge in [0, 0.05) is 5.41 Å². The Morgan fingerprint density at radius 2 is 2.06 bits per heavy atom. The standard InChI is InChI=1S/C11H19N3O2/c1-6-16-10(15)8-9(13-14-12-8)11(4,5)7(2)3/h7H,6H2,1-5H3,(H,12,13,14). The predicted octanol–water partition coefficient (Wildman–Crippen LogP) is 1.92. The average molecular weight is 225 g/mol. The summed E-state index contributed by atoms with van der Waals surface area (Å²) in [6, 6.07) is 0. The van der Waals surface area contributed by atoms with Gasteiger partial charge in [0.05, 0.1) is 6.61 Å². The molecule has 1 N–H and O–H groups in total. The molecule has 0 radical (unpaired) electrons. The van der Waals surface area contributed by atoms with Crippen LogP contribution in [-0.4, -0.2) is 28.0 Å². The Hall–Kier alpha value is -1.39. The van der Waals surface area contributed by atoms with Crippen molar-refractivity contribution in [2.45, 2.75) is 40.0 Å². The Labute approximate surface area is 95.6 Å². The van der Waals surface area contributed by atoms with E-state index < -0.39 is 5.97 Å². The smallest absolute Gasteiger partial charge is 0.360 e. The molecule has 1 aromatic rings. The van der Waals surface area contributed by atoms with Gasteiger partial charge in [0.2, 0.25) is 0 Å².